The molecule has 1 aromatic carbocycles. The summed E-state index contributed by atoms with van der Waals surface area (Å²) in [6.45, 7) is 4.54. The Morgan fingerprint density at radius 1 is 1.35 bits per heavy atom. The number of carbonyl (C=O) groups is 1. The van der Waals surface area contributed by atoms with Gasteiger partial charge >= 0.3 is 0 Å². The Morgan fingerprint density at radius 2 is 2.15 bits per heavy atom. The van der Waals surface area contributed by atoms with Crippen LogP contribution in [0, 0.1) is 0 Å². The van der Waals surface area contributed by atoms with Crippen molar-refractivity contribution in [2.45, 2.75) is 38.1 Å². The van der Waals surface area contributed by atoms with E-state index in [4.69, 9.17) is 0 Å². The van der Waals surface area contributed by atoms with Crippen LogP contribution in [0.3, 0.4) is 0 Å². The molecule has 1 amide bonds. The lowest BCUT2D eigenvalue weighted by atomic mass is 9.71. The van der Waals surface area contributed by atoms with E-state index in [-0.39, 0.29) is 17.4 Å². The molecule has 4 rings (SSSR count). The average molecular weight is 366 g/mol. The third kappa shape index (κ3) is 3.05. The molecule has 0 aliphatic heterocycles. The maximum atomic E-state index is 12.7. The second-order valence-corrected chi connectivity index (χ2v) is 8.33. The number of hydrogen-bond acceptors (Lipinski definition) is 4. The summed E-state index contributed by atoms with van der Waals surface area (Å²) in [4.78, 5) is 17.2. The zero-order valence-electron chi connectivity index (χ0n) is 15.2. The highest BCUT2D eigenvalue weighted by atomic mass is 32.1. The van der Waals surface area contributed by atoms with Crippen LogP contribution in [-0.4, -0.2) is 20.7 Å². The highest BCUT2D eigenvalue weighted by molar-refractivity contribution is 7.13. The summed E-state index contributed by atoms with van der Waals surface area (Å²) in [5, 5.41) is 9.97. The summed E-state index contributed by atoms with van der Waals surface area (Å²) in [7, 11) is 1.87. The monoisotopic (exact) mass is 366 g/mol. The van der Waals surface area contributed by atoms with E-state index in [1.165, 1.54) is 22.5 Å². The van der Waals surface area contributed by atoms with Gasteiger partial charge in [-0.05, 0) is 29.4 Å². The molecule has 1 unspecified atom stereocenters. The summed E-state index contributed by atoms with van der Waals surface area (Å²) in [6.07, 6.45) is 5.66. The molecule has 0 bridgehead atoms. The number of thiazole rings is 1. The average Bonchev–Trinajstić information content (AvgIpc) is 3.26. The highest BCUT2D eigenvalue weighted by Crippen LogP contribution is 2.41. The quantitative estimate of drug-likeness (QED) is 0.760. The molecule has 1 atom stereocenters. The number of aromatic nitrogens is 3. The molecule has 0 radical (unpaired) electrons. The molecule has 2 aromatic heterocycles. The van der Waals surface area contributed by atoms with Crippen molar-refractivity contribution in [1.29, 1.82) is 0 Å². The van der Waals surface area contributed by atoms with Crippen LogP contribution in [0.2, 0.25) is 0 Å². The predicted molar refractivity (Wildman–Crippen MR) is 103 cm³/mol. The summed E-state index contributed by atoms with van der Waals surface area (Å²) in [5.41, 5.74) is 4.09. The lowest BCUT2D eigenvalue weighted by molar-refractivity contribution is 0.0925. The highest BCUT2D eigenvalue weighted by Gasteiger charge is 2.33. The van der Waals surface area contributed by atoms with E-state index >= 15 is 0 Å². The first-order valence-corrected chi connectivity index (χ1v) is 9.67. The van der Waals surface area contributed by atoms with Gasteiger partial charge in [-0.15, -0.1) is 11.3 Å². The fourth-order valence-electron chi connectivity index (χ4n) is 3.64. The van der Waals surface area contributed by atoms with Crippen molar-refractivity contribution in [1.82, 2.24) is 20.1 Å². The molecular formula is C20H22N4OS. The number of carbonyl (C=O) groups excluding carboxylic acids is 1. The van der Waals surface area contributed by atoms with Gasteiger partial charge < -0.3 is 5.32 Å². The minimum absolute atomic E-state index is 0.0373. The minimum atomic E-state index is -0.115. The largest absolute Gasteiger partial charge is 0.344 e. The molecule has 6 heteroatoms. The summed E-state index contributed by atoms with van der Waals surface area (Å²) < 4.78 is 1.73. The topological polar surface area (TPSA) is 59.8 Å². The van der Waals surface area contributed by atoms with E-state index in [0.717, 1.165) is 23.4 Å². The fourth-order valence-corrected chi connectivity index (χ4v) is 4.41. The maximum Gasteiger partial charge on any atom is 0.271 e. The van der Waals surface area contributed by atoms with Crippen molar-refractivity contribution in [3.05, 3.63) is 58.9 Å². The predicted octanol–water partition coefficient (Wildman–Crippen LogP) is 4.09. The Balaban J connectivity index is 1.55. The van der Waals surface area contributed by atoms with Crippen molar-refractivity contribution < 1.29 is 4.79 Å². The van der Waals surface area contributed by atoms with Gasteiger partial charge in [0, 0.05) is 24.2 Å². The lowest BCUT2D eigenvalue weighted by Crippen LogP contribution is -2.35. The van der Waals surface area contributed by atoms with Gasteiger partial charge in [-0.25, -0.2) is 4.98 Å². The van der Waals surface area contributed by atoms with Gasteiger partial charge in [-0.2, -0.15) is 5.10 Å². The maximum absolute atomic E-state index is 12.7. The molecule has 0 saturated carbocycles. The van der Waals surface area contributed by atoms with Gasteiger partial charge in [-0.1, -0.05) is 38.1 Å². The molecule has 26 heavy (non-hydrogen) atoms. The Morgan fingerprint density at radius 3 is 2.92 bits per heavy atom. The van der Waals surface area contributed by atoms with E-state index in [0.29, 0.717) is 5.69 Å². The van der Waals surface area contributed by atoms with Gasteiger partial charge in [0.15, 0.2) is 0 Å². The zero-order chi connectivity index (χ0) is 18.3. The molecular weight excluding hydrogens is 344 g/mol. The van der Waals surface area contributed by atoms with Crippen molar-refractivity contribution in [2.75, 3.05) is 0 Å². The van der Waals surface area contributed by atoms with E-state index in [1.54, 1.807) is 10.9 Å². The second-order valence-electron chi connectivity index (χ2n) is 7.48. The van der Waals surface area contributed by atoms with Gasteiger partial charge in [-0.3, -0.25) is 9.48 Å². The number of fused-ring (bicyclic) bond motifs is 1. The van der Waals surface area contributed by atoms with Crippen LogP contribution in [0.25, 0.3) is 10.6 Å². The van der Waals surface area contributed by atoms with E-state index in [1.807, 2.05) is 24.7 Å². The summed E-state index contributed by atoms with van der Waals surface area (Å²) in [5.74, 6) is -0.115. The number of nitrogens with one attached hydrogen (secondary N) is 1. The van der Waals surface area contributed by atoms with Crippen LogP contribution >= 0.6 is 11.3 Å². The zero-order valence-corrected chi connectivity index (χ0v) is 16.0. The number of aryl methyl sites for hydroxylation is 1. The number of benzene rings is 1. The summed E-state index contributed by atoms with van der Waals surface area (Å²) >= 11 is 1.47. The first-order chi connectivity index (χ1) is 12.4. The van der Waals surface area contributed by atoms with Crippen LogP contribution in [0.4, 0.5) is 0 Å². The number of hydrogen-bond donors (Lipinski definition) is 1. The first-order valence-electron chi connectivity index (χ1n) is 8.79. The molecule has 0 saturated heterocycles. The molecule has 1 aliphatic rings. The Kier molecular flexibility index (Phi) is 4.15. The van der Waals surface area contributed by atoms with Gasteiger partial charge in [0.25, 0.3) is 5.91 Å². The SMILES string of the molecule is Cn1cc(-c2nc(C(=O)NC3CCC(C)(C)c4ccccc43)cs2)cn1. The molecule has 1 aliphatic carbocycles. The molecule has 1 N–H and O–H groups in total. The van der Waals surface area contributed by atoms with Crippen LogP contribution in [-0.2, 0) is 12.5 Å². The molecule has 3 aromatic rings. The number of nitrogens with zero attached hydrogens (tertiary/aromatic N) is 3. The fraction of sp³-hybridized carbons (Fsp3) is 0.350. The minimum Gasteiger partial charge on any atom is -0.344 e. The normalized spacial score (nSPS) is 18.3. The Bertz CT molecular complexity index is 956. The van der Waals surface area contributed by atoms with Crippen LogP contribution < -0.4 is 5.32 Å². The third-order valence-electron chi connectivity index (χ3n) is 5.12. The lowest BCUT2D eigenvalue weighted by Gasteiger charge is -2.37. The first kappa shape index (κ1) is 17.0. The van der Waals surface area contributed by atoms with Gasteiger partial charge in [0.2, 0.25) is 0 Å². The van der Waals surface area contributed by atoms with Gasteiger partial charge in [0.05, 0.1) is 12.2 Å². The molecule has 134 valence electrons. The second kappa shape index (κ2) is 6.36. The standard InChI is InChI=1S/C20H22N4OS/c1-20(2)9-8-16(14-6-4-5-7-15(14)20)22-18(25)17-12-26-19(23-17)13-10-21-24(3)11-13/h4-7,10-12,16H,8-9H2,1-3H3,(H,22,25). The molecule has 0 fully saturated rings. The Hall–Kier alpha value is -2.47. The smallest absolute Gasteiger partial charge is 0.271 e. The third-order valence-corrected chi connectivity index (χ3v) is 6.01. The molecule has 0 spiro atoms. The van der Waals surface area contributed by atoms with Crippen LogP contribution in [0.5, 0.6) is 0 Å². The van der Waals surface area contributed by atoms with Crippen molar-refractivity contribution in [2.24, 2.45) is 7.05 Å². The van der Waals surface area contributed by atoms with Crippen molar-refractivity contribution in [3.8, 4) is 10.6 Å². The number of amides is 1. The molecule has 5 nitrogen and oxygen atoms in total. The van der Waals surface area contributed by atoms with Crippen molar-refractivity contribution >= 4 is 17.2 Å². The van der Waals surface area contributed by atoms with Crippen LogP contribution in [0.15, 0.2) is 42.0 Å². The number of rotatable bonds is 3. The van der Waals surface area contributed by atoms with E-state index in [9.17, 15) is 4.79 Å². The molecule has 2 heterocycles. The Labute approximate surface area is 157 Å². The van der Waals surface area contributed by atoms with Crippen molar-refractivity contribution in [3.63, 3.8) is 0 Å². The van der Waals surface area contributed by atoms with E-state index in [2.05, 4.69) is 47.4 Å². The van der Waals surface area contributed by atoms with Gasteiger partial charge in [0.1, 0.15) is 10.7 Å². The van der Waals surface area contributed by atoms with E-state index < -0.39 is 0 Å². The summed E-state index contributed by atoms with van der Waals surface area (Å²) in [6, 6.07) is 8.46. The van der Waals surface area contributed by atoms with Crippen LogP contribution in [0.1, 0.15) is 54.3 Å².